The topological polar surface area (TPSA) is 52.1 Å². The highest BCUT2D eigenvalue weighted by molar-refractivity contribution is 7.20. The summed E-state index contributed by atoms with van der Waals surface area (Å²) < 4.78 is 6.18. The number of carbonyl (C=O) groups is 1. The van der Waals surface area contributed by atoms with E-state index in [2.05, 4.69) is 9.97 Å². The molecule has 2 aromatic heterocycles. The molecule has 0 spiro atoms. The molecule has 2 heterocycles. The molecule has 0 N–H and O–H groups in total. The summed E-state index contributed by atoms with van der Waals surface area (Å²) in [6, 6.07) is 1.83. The Morgan fingerprint density at radius 1 is 1.44 bits per heavy atom. The van der Waals surface area contributed by atoms with Crippen LogP contribution in [0, 0.1) is 0 Å². The van der Waals surface area contributed by atoms with Crippen molar-refractivity contribution in [1.29, 1.82) is 0 Å². The standard InChI is InChI=1S/C11H12N2O2S/c1-11(2,3)15-10(14)9-13-7-6-12-5-4-8(7)16-9/h4-6H,1-3H3. The smallest absolute Gasteiger partial charge is 0.367 e. The minimum atomic E-state index is -0.493. The van der Waals surface area contributed by atoms with Gasteiger partial charge in [-0.1, -0.05) is 0 Å². The van der Waals surface area contributed by atoms with Gasteiger partial charge in [0.25, 0.3) is 0 Å². The van der Waals surface area contributed by atoms with Crippen LogP contribution in [0.3, 0.4) is 0 Å². The van der Waals surface area contributed by atoms with Crippen LogP contribution in [0.1, 0.15) is 30.6 Å². The van der Waals surface area contributed by atoms with Gasteiger partial charge in [0.15, 0.2) is 0 Å². The molecule has 5 heteroatoms. The highest BCUT2D eigenvalue weighted by Gasteiger charge is 2.20. The Morgan fingerprint density at radius 2 is 2.19 bits per heavy atom. The van der Waals surface area contributed by atoms with Crippen LogP contribution in [-0.2, 0) is 4.74 Å². The van der Waals surface area contributed by atoms with Crippen LogP contribution in [-0.4, -0.2) is 21.5 Å². The molecule has 0 radical (unpaired) electrons. The van der Waals surface area contributed by atoms with Gasteiger partial charge in [0.2, 0.25) is 5.01 Å². The van der Waals surface area contributed by atoms with E-state index in [0.29, 0.717) is 5.01 Å². The summed E-state index contributed by atoms with van der Waals surface area (Å²) in [4.78, 5) is 19.9. The zero-order chi connectivity index (χ0) is 11.8. The minimum absolute atomic E-state index is 0.373. The number of carbonyl (C=O) groups excluding carboxylic acids is 1. The highest BCUT2D eigenvalue weighted by atomic mass is 32.1. The molecule has 0 aliphatic heterocycles. The van der Waals surface area contributed by atoms with Crippen molar-refractivity contribution in [3.8, 4) is 0 Å². The number of thiazole rings is 1. The lowest BCUT2D eigenvalue weighted by atomic mass is 10.2. The van der Waals surface area contributed by atoms with Crippen molar-refractivity contribution in [3.63, 3.8) is 0 Å². The van der Waals surface area contributed by atoms with Crippen LogP contribution in [0.15, 0.2) is 18.5 Å². The van der Waals surface area contributed by atoms with Crippen molar-refractivity contribution in [2.45, 2.75) is 26.4 Å². The van der Waals surface area contributed by atoms with E-state index in [0.717, 1.165) is 10.2 Å². The van der Waals surface area contributed by atoms with Gasteiger partial charge < -0.3 is 4.74 Å². The summed E-state index contributed by atoms with van der Waals surface area (Å²) in [6.07, 6.45) is 3.32. The number of hydrogen-bond acceptors (Lipinski definition) is 5. The second-order valence-corrected chi connectivity index (χ2v) is 5.39. The van der Waals surface area contributed by atoms with Crippen LogP contribution in [0.2, 0.25) is 0 Å². The van der Waals surface area contributed by atoms with E-state index in [1.54, 1.807) is 12.4 Å². The third-order valence-electron chi connectivity index (χ3n) is 1.76. The van der Waals surface area contributed by atoms with Gasteiger partial charge in [0.05, 0.1) is 10.9 Å². The third kappa shape index (κ3) is 2.36. The molecule has 84 valence electrons. The quantitative estimate of drug-likeness (QED) is 0.714. The number of nitrogens with zero attached hydrogens (tertiary/aromatic N) is 2. The Balaban J connectivity index is 2.30. The number of pyridine rings is 1. The van der Waals surface area contributed by atoms with Crippen molar-refractivity contribution in [2.24, 2.45) is 0 Å². The Morgan fingerprint density at radius 3 is 2.81 bits per heavy atom. The van der Waals surface area contributed by atoms with E-state index in [1.807, 2.05) is 26.8 Å². The predicted molar refractivity (Wildman–Crippen MR) is 62.6 cm³/mol. The predicted octanol–water partition coefficient (Wildman–Crippen LogP) is 2.65. The van der Waals surface area contributed by atoms with Gasteiger partial charge in [0, 0.05) is 6.20 Å². The first-order chi connectivity index (χ1) is 7.46. The summed E-state index contributed by atoms with van der Waals surface area (Å²) in [6.45, 7) is 5.50. The molecule has 2 rings (SSSR count). The molecular weight excluding hydrogens is 224 g/mol. The van der Waals surface area contributed by atoms with Gasteiger partial charge in [0.1, 0.15) is 11.1 Å². The van der Waals surface area contributed by atoms with E-state index in [9.17, 15) is 4.79 Å². The molecule has 0 saturated heterocycles. The average Bonchev–Trinajstić information content (AvgIpc) is 2.58. The van der Waals surface area contributed by atoms with Crippen LogP contribution in [0.4, 0.5) is 0 Å². The van der Waals surface area contributed by atoms with E-state index in [-0.39, 0.29) is 5.97 Å². The summed E-state index contributed by atoms with van der Waals surface area (Å²) in [5, 5.41) is 0.373. The van der Waals surface area contributed by atoms with Crippen LogP contribution < -0.4 is 0 Å². The number of hydrogen-bond donors (Lipinski definition) is 0. The lowest BCUT2D eigenvalue weighted by molar-refractivity contribution is 0.00695. The van der Waals surface area contributed by atoms with Gasteiger partial charge in [-0.2, -0.15) is 0 Å². The van der Waals surface area contributed by atoms with E-state index in [4.69, 9.17) is 4.74 Å². The van der Waals surface area contributed by atoms with Gasteiger partial charge >= 0.3 is 5.97 Å². The zero-order valence-corrected chi connectivity index (χ0v) is 10.2. The number of esters is 1. The van der Waals surface area contributed by atoms with Crippen LogP contribution in [0.25, 0.3) is 10.2 Å². The molecule has 16 heavy (non-hydrogen) atoms. The molecule has 0 aliphatic rings. The largest absolute Gasteiger partial charge is 0.455 e. The number of ether oxygens (including phenoxy) is 1. The first-order valence-corrected chi connectivity index (χ1v) is 5.71. The van der Waals surface area contributed by atoms with E-state index >= 15 is 0 Å². The normalized spacial score (nSPS) is 11.7. The molecule has 0 aliphatic carbocycles. The van der Waals surface area contributed by atoms with Crippen molar-refractivity contribution in [1.82, 2.24) is 9.97 Å². The fraction of sp³-hybridized carbons (Fsp3) is 0.364. The molecule has 2 aromatic rings. The van der Waals surface area contributed by atoms with Crippen molar-refractivity contribution < 1.29 is 9.53 Å². The SMILES string of the molecule is CC(C)(C)OC(=O)c1nc2cnccc2s1. The van der Waals surface area contributed by atoms with E-state index in [1.165, 1.54) is 11.3 Å². The Bertz CT molecular complexity index is 495. The fourth-order valence-corrected chi connectivity index (χ4v) is 2.00. The second-order valence-electron chi connectivity index (χ2n) is 4.36. The highest BCUT2D eigenvalue weighted by Crippen LogP contribution is 2.22. The van der Waals surface area contributed by atoms with Crippen molar-refractivity contribution in [2.75, 3.05) is 0 Å². The summed E-state index contributed by atoms with van der Waals surface area (Å²) in [7, 11) is 0. The average molecular weight is 236 g/mol. The molecule has 0 atom stereocenters. The Labute approximate surface area is 97.3 Å². The Hall–Kier alpha value is -1.49. The molecule has 4 nitrogen and oxygen atoms in total. The van der Waals surface area contributed by atoms with Gasteiger partial charge in [-0.15, -0.1) is 11.3 Å². The third-order valence-corrected chi connectivity index (χ3v) is 2.78. The van der Waals surface area contributed by atoms with Gasteiger partial charge in [-0.05, 0) is 26.8 Å². The van der Waals surface area contributed by atoms with Gasteiger partial charge in [-0.3, -0.25) is 4.98 Å². The summed E-state index contributed by atoms with van der Waals surface area (Å²) in [5.41, 5.74) is 0.237. The van der Waals surface area contributed by atoms with Gasteiger partial charge in [-0.25, -0.2) is 9.78 Å². The lowest BCUT2D eigenvalue weighted by Gasteiger charge is -2.18. The first-order valence-electron chi connectivity index (χ1n) is 4.89. The second kappa shape index (κ2) is 3.83. The summed E-state index contributed by atoms with van der Waals surface area (Å²) in [5.74, 6) is -0.381. The van der Waals surface area contributed by atoms with Crippen molar-refractivity contribution >= 4 is 27.5 Å². The maximum Gasteiger partial charge on any atom is 0.367 e. The molecular formula is C11H12N2O2S. The lowest BCUT2D eigenvalue weighted by Crippen LogP contribution is -2.23. The number of rotatable bonds is 1. The first kappa shape index (κ1) is 11.0. The molecule has 0 fully saturated rings. The molecule has 0 aromatic carbocycles. The Kier molecular flexibility index (Phi) is 2.63. The van der Waals surface area contributed by atoms with Crippen molar-refractivity contribution in [3.05, 3.63) is 23.5 Å². The number of aromatic nitrogens is 2. The van der Waals surface area contributed by atoms with E-state index < -0.39 is 5.60 Å². The fourth-order valence-electron chi connectivity index (χ4n) is 1.19. The maximum atomic E-state index is 11.7. The number of fused-ring (bicyclic) bond motifs is 1. The maximum absolute atomic E-state index is 11.7. The monoisotopic (exact) mass is 236 g/mol. The zero-order valence-electron chi connectivity index (χ0n) is 9.35. The molecule has 0 amide bonds. The molecule has 0 bridgehead atoms. The van der Waals surface area contributed by atoms with Crippen LogP contribution >= 0.6 is 11.3 Å². The molecule has 0 saturated carbocycles. The molecule has 0 unspecified atom stereocenters. The summed E-state index contributed by atoms with van der Waals surface area (Å²) >= 11 is 1.32. The van der Waals surface area contributed by atoms with Crippen LogP contribution in [0.5, 0.6) is 0 Å². The minimum Gasteiger partial charge on any atom is -0.455 e.